The number of phenolic OH excluding ortho intramolecular Hbond substituents is 1. The molecule has 0 unspecified atom stereocenters. The van der Waals surface area contributed by atoms with E-state index in [1.165, 1.54) is 0 Å². The molecule has 0 radical (unpaired) electrons. The molecule has 2 saturated heterocycles. The smallest absolute Gasteiger partial charge is 0.179 e. The van der Waals surface area contributed by atoms with Crippen LogP contribution in [0.1, 0.15) is 24.4 Å². The number of rotatable bonds is 3. The molecular formula is C16H24BrCl2FN2O2. The molecule has 24 heavy (non-hydrogen) atoms. The van der Waals surface area contributed by atoms with E-state index in [9.17, 15) is 9.50 Å². The Morgan fingerprint density at radius 3 is 2.46 bits per heavy atom. The molecule has 2 heterocycles. The molecule has 0 aromatic heterocycles. The van der Waals surface area contributed by atoms with Gasteiger partial charge in [-0.3, -0.25) is 4.90 Å². The molecule has 0 bridgehead atoms. The third kappa shape index (κ3) is 4.74. The quantitative estimate of drug-likeness (QED) is 0.747. The maximum absolute atomic E-state index is 14.1. The average molecular weight is 446 g/mol. The lowest BCUT2D eigenvalue weighted by Gasteiger charge is -2.41. The monoisotopic (exact) mass is 444 g/mol. The van der Waals surface area contributed by atoms with Gasteiger partial charge >= 0.3 is 0 Å². The molecule has 2 aliphatic heterocycles. The molecule has 1 aromatic carbocycles. The van der Waals surface area contributed by atoms with Crippen molar-refractivity contribution in [3.05, 3.63) is 28.0 Å². The van der Waals surface area contributed by atoms with Gasteiger partial charge in [-0.15, -0.1) is 24.8 Å². The summed E-state index contributed by atoms with van der Waals surface area (Å²) in [5, 5.41) is 13.7. The normalized spacial score (nSPS) is 20.8. The first kappa shape index (κ1) is 21.9. The Morgan fingerprint density at radius 1 is 1.21 bits per heavy atom. The first-order valence-electron chi connectivity index (χ1n) is 7.88. The van der Waals surface area contributed by atoms with Crippen LogP contribution in [0, 0.1) is 11.7 Å². The van der Waals surface area contributed by atoms with Gasteiger partial charge in [0, 0.05) is 51.0 Å². The first-order chi connectivity index (χ1) is 10.7. The molecule has 2 N–H and O–H groups in total. The maximum Gasteiger partial charge on any atom is 0.179 e. The van der Waals surface area contributed by atoms with Crippen molar-refractivity contribution in [2.45, 2.75) is 18.9 Å². The SMILES string of the molecule is Cl.Cl.Oc1c([C@@H](C2CCOCC2)N2CCNCC2)ccc(Br)c1F. The van der Waals surface area contributed by atoms with Crippen LogP contribution in [0.2, 0.25) is 0 Å². The standard InChI is InChI=1S/C16H22BrFN2O2.2ClH/c17-13-2-1-12(16(21)14(13)18)15(11-3-9-22-10-4-11)20-7-5-19-6-8-20;;/h1-2,11,15,19,21H,3-10H2;2*1H/t15-;;/m1../s1. The Labute approximate surface area is 163 Å². The Morgan fingerprint density at radius 2 is 1.83 bits per heavy atom. The summed E-state index contributed by atoms with van der Waals surface area (Å²) in [6, 6.07) is 3.59. The van der Waals surface area contributed by atoms with Gasteiger partial charge in [0.2, 0.25) is 0 Å². The number of nitrogens with one attached hydrogen (secondary N) is 1. The third-order valence-electron chi connectivity index (χ3n) is 4.68. The summed E-state index contributed by atoms with van der Waals surface area (Å²) < 4.78 is 19.9. The first-order valence-corrected chi connectivity index (χ1v) is 8.67. The predicted octanol–water partition coefficient (Wildman–Crippen LogP) is 3.51. The number of benzene rings is 1. The summed E-state index contributed by atoms with van der Waals surface area (Å²) >= 11 is 3.14. The van der Waals surface area contributed by atoms with E-state index in [2.05, 4.69) is 26.1 Å². The average Bonchev–Trinajstić information content (AvgIpc) is 2.57. The zero-order valence-electron chi connectivity index (χ0n) is 13.3. The lowest BCUT2D eigenvalue weighted by Crippen LogP contribution is -2.47. The number of aromatic hydroxyl groups is 1. The fourth-order valence-corrected chi connectivity index (χ4v) is 3.85. The van der Waals surface area contributed by atoms with Gasteiger partial charge in [-0.1, -0.05) is 6.07 Å². The second-order valence-electron chi connectivity index (χ2n) is 5.98. The summed E-state index contributed by atoms with van der Waals surface area (Å²) in [4.78, 5) is 2.37. The Bertz CT molecular complexity index is 509. The molecular weight excluding hydrogens is 422 g/mol. The number of halogens is 4. The highest BCUT2D eigenvalue weighted by Gasteiger charge is 2.33. The van der Waals surface area contributed by atoms with Crippen molar-refractivity contribution in [3.8, 4) is 5.75 Å². The second kappa shape index (κ2) is 10.1. The molecule has 1 atom stereocenters. The van der Waals surface area contributed by atoms with Crippen LogP contribution in [-0.4, -0.2) is 49.4 Å². The molecule has 1 aromatic rings. The summed E-state index contributed by atoms with van der Waals surface area (Å²) in [6.07, 6.45) is 1.90. The summed E-state index contributed by atoms with van der Waals surface area (Å²) in [5.41, 5.74) is 0.703. The lowest BCUT2D eigenvalue weighted by molar-refractivity contribution is 0.0205. The van der Waals surface area contributed by atoms with Gasteiger partial charge in [-0.2, -0.15) is 0 Å². The molecule has 0 spiro atoms. The Hall–Kier alpha value is -0.110. The summed E-state index contributed by atoms with van der Waals surface area (Å²) in [6.45, 7) is 5.18. The third-order valence-corrected chi connectivity index (χ3v) is 5.29. The molecule has 2 fully saturated rings. The minimum absolute atomic E-state index is 0. The van der Waals surface area contributed by atoms with Crippen molar-refractivity contribution in [1.29, 1.82) is 0 Å². The molecule has 8 heteroatoms. The molecule has 0 amide bonds. The Balaban J connectivity index is 0.00000144. The number of phenols is 1. The minimum Gasteiger partial charge on any atom is -0.505 e. The fraction of sp³-hybridized carbons (Fsp3) is 0.625. The van der Waals surface area contributed by atoms with E-state index in [0.717, 1.165) is 52.2 Å². The number of piperazine rings is 1. The number of ether oxygens (including phenoxy) is 1. The summed E-state index contributed by atoms with van der Waals surface area (Å²) in [7, 11) is 0. The minimum atomic E-state index is -0.565. The van der Waals surface area contributed by atoms with Crippen LogP contribution in [0.15, 0.2) is 16.6 Å². The van der Waals surface area contributed by atoms with E-state index >= 15 is 0 Å². The lowest BCUT2D eigenvalue weighted by atomic mass is 9.85. The van der Waals surface area contributed by atoms with Crippen molar-refractivity contribution < 1.29 is 14.2 Å². The van der Waals surface area contributed by atoms with Crippen LogP contribution >= 0.6 is 40.7 Å². The van der Waals surface area contributed by atoms with Crippen LogP contribution in [0.3, 0.4) is 0 Å². The van der Waals surface area contributed by atoms with Crippen LogP contribution in [-0.2, 0) is 4.74 Å². The van der Waals surface area contributed by atoms with Crippen molar-refractivity contribution in [2.24, 2.45) is 5.92 Å². The van der Waals surface area contributed by atoms with E-state index in [0.29, 0.717) is 16.0 Å². The Kier molecular flexibility index (Phi) is 9.27. The zero-order valence-corrected chi connectivity index (χ0v) is 16.6. The highest BCUT2D eigenvalue weighted by molar-refractivity contribution is 9.10. The van der Waals surface area contributed by atoms with Crippen LogP contribution in [0.25, 0.3) is 0 Å². The van der Waals surface area contributed by atoms with Gasteiger partial charge in [-0.05, 0) is 40.8 Å². The van der Waals surface area contributed by atoms with Crippen molar-refractivity contribution in [3.63, 3.8) is 0 Å². The van der Waals surface area contributed by atoms with Crippen LogP contribution in [0.4, 0.5) is 4.39 Å². The predicted molar refractivity (Wildman–Crippen MR) is 101 cm³/mol. The fourth-order valence-electron chi connectivity index (χ4n) is 3.53. The van der Waals surface area contributed by atoms with Crippen LogP contribution in [0.5, 0.6) is 5.75 Å². The molecule has 0 saturated carbocycles. The molecule has 3 rings (SSSR count). The van der Waals surface area contributed by atoms with E-state index < -0.39 is 5.82 Å². The van der Waals surface area contributed by atoms with Gasteiger partial charge in [0.1, 0.15) is 0 Å². The van der Waals surface area contributed by atoms with Gasteiger partial charge in [0.05, 0.1) is 4.47 Å². The van der Waals surface area contributed by atoms with Gasteiger partial charge in [-0.25, -0.2) is 4.39 Å². The molecule has 4 nitrogen and oxygen atoms in total. The molecule has 138 valence electrons. The van der Waals surface area contributed by atoms with E-state index in [-0.39, 0.29) is 36.6 Å². The number of hydrogen-bond acceptors (Lipinski definition) is 4. The van der Waals surface area contributed by atoms with E-state index in [1.54, 1.807) is 6.07 Å². The van der Waals surface area contributed by atoms with Crippen LogP contribution < -0.4 is 5.32 Å². The highest BCUT2D eigenvalue weighted by Crippen LogP contribution is 2.41. The van der Waals surface area contributed by atoms with Gasteiger partial charge in [0.25, 0.3) is 0 Å². The van der Waals surface area contributed by atoms with Gasteiger partial charge in [0.15, 0.2) is 11.6 Å². The number of hydrogen-bond donors (Lipinski definition) is 2. The summed E-state index contributed by atoms with van der Waals surface area (Å²) in [5.74, 6) is -0.396. The highest BCUT2D eigenvalue weighted by atomic mass is 79.9. The van der Waals surface area contributed by atoms with E-state index in [1.807, 2.05) is 6.07 Å². The maximum atomic E-state index is 14.1. The number of nitrogens with zero attached hydrogens (tertiary/aromatic N) is 1. The van der Waals surface area contributed by atoms with Crippen molar-refractivity contribution in [1.82, 2.24) is 10.2 Å². The second-order valence-corrected chi connectivity index (χ2v) is 6.83. The molecule has 0 aliphatic carbocycles. The zero-order chi connectivity index (χ0) is 15.5. The van der Waals surface area contributed by atoms with Crippen molar-refractivity contribution >= 4 is 40.7 Å². The molecule has 2 aliphatic rings. The largest absolute Gasteiger partial charge is 0.505 e. The van der Waals surface area contributed by atoms with Crippen molar-refractivity contribution in [2.75, 3.05) is 39.4 Å². The van der Waals surface area contributed by atoms with Gasteiger partial charge < -0.3 is 15.2 Å². The van der Waals surface area contributed by atoms with E-state index in [4.69, 9.17) is 4.74 Å². The topological polar surface area (TPSA) is 44.7 Å².